The van der Waals surface area contributed by atoms with Crippen molar-refractivity contribution in [2.75, 3.05) is 13.2 Å². The highest BCUT2D eigenvalue weighted by Crippen LogP contribution is 2.73. The molecule has 2 bridgehead atoms. The summed E-state index contributed by atoms with van der Waals surface area (Å²) in [5.74, 6) is 0.536. The van der Waals surface area contributed by atoms with Gasteiger partial charge in [0.15, 0.2) is 17.1 Å². The molecule has 0 aromatic heterocycles. The molecule has 4 aliphatic rings. The number of nitrogens with one attached hydrogen (secondary N) is 1. The van der Waals surface area contributed by atoms with Gasteiger partial charge in [0.2, 0.25) is 5.91 Å². The normalized spacial score (nSPS) is 36.4. The van der Waals surface area contributed by atoms with Crippen LogP contribution in [0.5, 0.6) is 11.5 Å². The number of amides is 1. The van der Waals surface area contributed by atoms with E-state index in [1.54, 1.807) is 0 Å². The van der Waals surface area contributed by atoms with Crippen LogP contribution in [0, 0.1) is 10.8 Å². The molecule has 3 fully saturated rings. The summed E-state index contributed by atoms with van der Waals surface area (Å²) in [7, 11) is 0. The van der Waals surface area contributed by atoms with Crippen molar-refractivity contribution < 1.29 is 24.2 Å². The number of hydrogen-bond acceptors (Lipinski definition) is 4. The third kappa shape index (κ3) is 2.00. The van der Waals surface area contributed by atoms with Crippen molar-refractivity contribution in [1.29, 1.82) is 0 Å². The minimum atomic E-state index is -0.778. The highest BCUT2D eigenvalue weighted by Gasteiger charge is 2.75. The predicted octanol–water partition coefficient (Wildman–Crippen LogP) is 1.59. The Morgan fingerprint density at radius 3 is 2.48 bits per heavy atom. The van der Waals surface area contributed by atoms with Gasteiger partial charge in [-0.15, -0.1) is 0 Å². The Hall–Kier alpha value is -2.24. The maximum absolute atomic E-state index is 12.4. The van der Waals surface area contributed by atoms with Gasteiger partial charge in [0.05, 0.1) is 17.4 Å². The highest BCUT2D eigenvalue weighted by atomic mass is 16.6. The first-order valence-electron chi connectivity index (χ1n) is 7.79. The topological polar surface area (TPSA) is 84.9 Å². The molecule has 6 nitrogen and oxygen atoms in total. The van der Waals surface area contributed by atoms with E-state index >= 15 is 0 Å². The molecule has 1 aliphatic heterocycles. The fourth-order valence-electron chi connectivity index (χ4n) is 3.98. The lowest BCUT2D eigenvalue weighted by Gasteiger charge is -2.66. The predicted molar refractivity (Wildman–Crippen MR) is 80.3 cm³/mol. The molecule has 0 saturated heterocycles. The second kappa shape index (κ2) is 4.40. The molecule has 3 aliphatic carbocycles. The Kier molecular flexibility index (Phi) is 2.75. The molecule has 1 unspecified atom stereocenters. The summed E-state index contributed by atoms with van der Waals surface area (Å²) in [6.45, 7) is 2.59. The zero-order valence-corrected chi connectivity index (χ0v) is 12.9. The lowest BCUT2D eigenvalue weighted by atomic mass is 9.35. The van der Waals surface area contributed by atoms with E-state index in [-0.39, 0.29) is 5.91 Å². The fourth-order valence-corrected chi connectivity index (χ4v) is 3.98. The summed E-state index contributed by atoms with van der Waals surface area (Å²) >= 11 is 0. The molecule has 1 heterocycles. The van der Waals surface area contributed by atoms with Gasteiger partial charge in [0, 0.05) is 0 Å². The Morgan fingerprint density at radius 1 is 1.17 bits per heavy atom. The monoisotopic (exact) mass is 317 g/mol. The summed E-state index contributed by atoms with van der Waals surface area (Å²) < 4.78 is 11.7. The highest BCUT2D eigenvalue weighted by molar-refractivity contribution is 5.93. The van der Waals surface area contributed by atoms with E-state index in [9.17, 15) is 9.59 Å². The van der Waals surface area contributed by atoms with E-state index in [4.69, 9.17) is 14.6 Å². The first kappa shape index (κ1) is 14.4. The second-order valence-electron chi connectivity index (χ2n) is 7.37. The van der Waals surface area contributed by atoms with Gasteiger partial charge < -0.3 is 19.9 Å². The number of benzene rings is 1. The van der Waals surface area contributed by atoms with Crippen molar-refractivity contribution in [3.8, 4) is 11.5 Å². The molecular weight excluding hydrogens is 298 g/mol. The van der Waals surface area contributed by atoms with Crippen molar-refractivity contribution in [1.82, 2.24) is 5.32 Å². The van der Waals surface area contributed by atoms with Gasteiger partial charge in [-0.2, -0.15) is 0 Å². The lowest BCUT2D eigenvalue weighted by molar-refractivity contribution is -0.220. The Labute approximate surface area is 133 Å². The number of carboxylic acid groups (broad SMARTS) is 1. The van der Waals surface area contributed by atoms with Crippen LogP contribution in [0.25, 0.3) is 0 Å². The molecule has 122 valence electrons. The molecule has 1 atom stereocenters. The molecular formula is C17H19NO5. The van der Waals surface area contributed by atoms with Crippen molar-refractivity contribution in [3.63, 3.8) is 0 Å². The number of hydrogen-bond donors (Lipinski definition) is 2. The van der Waals surface area contributed by atoms with Crippen LogP contribution < -0.4 is 14.8 Å². The van der Waals surface area contributed by atoms with Crippen LogP contribution in [0.15, 0.2) is 24.3 Å². The number of carbonyl (C=O) groups is 2. The van der Waals surface area contributed by atoms with Gasteiger partial charge in [-0.3, -0.25) is 9.59 Å². The number of ether oxygens (including phenoxy) is 2. The van der Waals surface area contributed by atoms with Crippen molar-refractivity contribution in [2.24, 2.45) is 10.8 Å². The molecule has 0 spiro atoms. The number of carbonyl (C=O) groups excluding carboxylic acids is 1. The van der Waals surface area contributed by atoms with Crippen molar-refractivity contribution >= 4 is 11.9 Å². The first-order valence-corrected chi connectivity index (χ1v) is 7.79. The molecule has 5 rings (SSSR count). The fraction of sp³-hybridized carbons (Fsp3) is 0.529. The van der Waals surface area contributed by atoms with Gasteiger partial charge in [-0.05, 0) is 38.3 Å². The van der Waals surface area contributed by atoms with Crippen LogP contribution in [0.3, 0.4) is 0 Å². The minimum Gasteiger partial charge on any atom is -0.485 e. The summed E-state index contributed by atoms with van der Waals surface area (Å²) in [6.07, 6.45) is 1.37. The smallest absolute Gasteiger partial charge is 0.309 e. The van der Waals surface area contributed by atoms with E-state index in [2.05, 4.69) is 5.32 Å². The molecule has 0 radical (unpaired) electrons. The molecule has 3 saturated carbocycles. The Balaban J connectivity index is 1.35. The minimum absolute atomic E-state index is 0.0655. The molecule has 1 aromatic rings. The van der Waals surface area contributed by atoms with E-state index in [1.165, 1.54) is 0 Å². The quantitative estimate of drug-likeness (QED) is 0.881. The average Bonchev–Trinajstić information content (AvgIpc) is 2.42. The zero-order chi connectivity index (χ0) is 16.3. The molecule has 2 N–H and O–H groups in total. The van der Waals surface area contributed by atoms with E-state index in [1.807, 2.05) is 31.2 Å². The van der Waals surface area contributed by atoms with Gasteiger partial charge >= 0.3 is 5.97 Å². The third-order valence-corrected chi connectivity index (χ3v) is 5.33. The largest absolute Gasteiger partial charge is 0.485 e. The summed E-state index contributed by atoms with van der Waals surface area (Å²) in [5.41, 5.74) is -1.73. The zero-order valence-electron chi connectivity index (χ0n) is 12.9. The van der Waals surface area contributed by atoms with Gasteiger partial charge in [-0.1, -0.05) is 12.1 Å². The van der Waals surface area contributed by atoms with Crippen LogP contribution in [0.1, 0.15) is 26.2 Å². The SMILES string of the molecule is CC1(CNC(=O)C23CC(C(=O)O)(C2)C3)COc2ccccc2O1. The number of rotatable bonds is 4. The number of fused-ring (bicyclic) bond motifs is 1. The molecule has 23 heavy (non-hydrogen) atoms. The van der Waals surface area contributed by atoms with E-state index in [0.717, 1.165) is 0 Å². The van der Waals surface area contributed by atoms with E-state index in [0.29, 0.717) is 43.9 Å². The lowest BCUT2D eigenvalue weighted by Crippen LogP contribution is -2.71. The maximum atomic E-state index is 12.4. The summed E-state index contributed by atoms with van der Waals surface area (Å²) in [4.78, 5) is 23.5. The van der Waals surface area contributed by atoms with Crippen molar-refractivity contribution in [2.45, 2.75) is 31.8 Å². The van der Waals surface area contributed by atoms with Crippen LogP contribution >= 0.6 is 0 Å². The first-order chi connectivity index (χ1) is 10.9. The average molecular weight is 317 g/mol. The molecule has 6 heteroatoms. The van der Waals surface area contributed by atoms with Gasteiger partial charge in [0.1, 0.15) is 6.61 Å². The summed E-state index contributed by atoms with van der Waals surface area (Å²) in [5, 5.41) is 12.0. The van der Waals surface area contributed by atoms with Crippen LogP contribution in [0.2, 0.25) is 0 Å². The summed E-state index contributed by atoms with van der Waals surface area (Å²) in [6, 6.07) is 7.44. The number of carboxylic acids is 1. The number of para-hydroxylation sites is 2. The second-order valence-corrected chi connectivity index (χ2v) is 7.37. The number of aliphatic carboxylic acids is 1. The van der Waals surface area contributed by atoms with Gasteiger partial charge in [0.25, 0.3) is 0 Å². The molecule has 1 amide bonds. The Morgan fingerprint density at radius 2 is 1.83 bits per heavy atom. The van der Waals surface area contributed by atoms with Crippen LogP contribution in [-0.4, -0.2) is 35.7 Å². The van der Waals surface area contributed by atoms with E-state index < -0.39 is 22.4 Å². The molecule has 1 aromatic carbocycles. The standard InChI is InChI=1S/C17H19NO5/c1-15(10-22-11-4-2-3-5-12(11)23-15)9-18-13(19)16-6-17(7-16,8-16)14(20)21/h2-5H,6-10H2,1H3,(H,18,19)(H,20,21). The van der Waals surface area contributed by atoms with Crippen LogP contribution in [0.4, 0.5) is 0 Å². The van der Waals surface area contributed by atoms with Gasteiger partial charge in [-0.25, -0.2) is 0 Å². The van der Waals surface area contributed by atoms with Crippen molar-refractivity contribution in [3.05, 3.63) is 24.3 Å². The van der Waals surface area contributed by atoms with Crippen LogP contribution in [-0.2, 0) is 9.59 Å². The third-order valence-electron chi connectivity index (χ3n) is 5.33. The Bertz CT molecular complexity index is 680. The maximum Gasteiger partial charge on any atom is 0.309 e.